The van der Waals surface area contributed by atoms with Crippen molar-refractivity contribution in [3.05, 3.63) is 32.7 Å². The van der Waals surface area contributed by atoms with E-state index in [0.29, 0.717) is 0 Å². The maximum Gasteiger partial charge on any atom is 0.364 e. The summed E-state index contributed by atoms with van der Waals surface area (Å²) in [6.45, 7) is 0. The highest BCUT2D eigenvalue weighted by Crippen LogP contribution is 2.16. The van der Waals surface area contributed by atoms with Crippen LogP contribution in [0.4, 0.5) is 10.2 Å². The summed E-state index contributed by atoms with van der Waals surface area (Å²) in [4.78, 5) is 12.7. The van der Waals surface area contributed by atoms with Crippen molar-refractivity contribution < 1.29 is 9.31 Å². The van der Waals surface area contributed by atoms with Crippen molar-refractivity contribution in [2.24, 2.45) is 0 Å². The molecule has 1 rings (SSSR count). The van der Waals surface area contributed by atoms with E-state index >= 15 is 0 Å². The first-order valence-electron chi connectivity index (χ1n) is 2.57. The molecule has 6 heteroatoms. The molecular formula is C5H2BrFN2O2. The van der Waals surface area contributed by atoms with Gasteiger partial charge >= 0.3 is 5.82 Å². The van der Waals surface area contributed by atoms with Gasteiger partial charge in [-0.25, -0.2) is 4.39 Å². The summed E-state index contributed by atoms with van der Waals surface area (Å²) in [5, 5.41) is 10.1. The van der Waals surface area contributed by atoms with Gasteiger partial charge in [0.1, 0.15) is 0 Å². The van der Waals surface area contributed by atoms with Crippen molar-refractivity contribution in [1.82, 2.24) is 4.98 Å². The van der Waals surface area contributed by atoms with Crippen LogP contribution in [-0.2, 0) is 0 Å². The molecule has 1 aromatic rings. The van der Waals surface area contributed by atoms with Gasteiger partial charge in [-0.1, -0.05) is 0 Å². The third-order valence-electron chi connectivity index (χ3n) is 0.976. The molecule has 58 valence electrons. The van der Waals surface area contributed by atoms with E-state index in [1.807, 2.05) is 0 Å². The van der Waals surface area contributed by atoms with Gasteiger partial charge in [0.05, 0.1) is 0 Å². The molecule has 0 aliphatic carbocycles. The van der Waals surface area contributed by atoms with Crippen LogP contribution in [0.3, 0.4) is 0 Å². The standard InChI is InChI=1S/C5H2BrFN2O2/c6-5-3(7)1-2-4(8-5)9(10)11/h1-2H. The van der Waals surface area contributed by atoms with E-state index in [9.17, 15) is 14.5 Å². The Morgan fingerprint density at radius 2 is 2.27 bits per heavy atom. The Morgan fingerprint density at radius 1 is 1.64 bits per heavy atom. The Balaban J connectivity index is 3.15. The van der Waals surface area contributed by atoms with Crippen LogP contribution < -0.4 is 0 Å². The summed E-state index contributed by atoms with van der Waals surface area (Å²) in [6, 6.07) is 1.98. The Kier molecular flexibility index (Phi) is 2.13. The lowest BCUT2D eigenvalue weighted by atomic mass is 10.4. The molecule has 0 fully saturated rings. The minimum absolute atomic E-state index is 0.147. The molecule has 0 saturated carbocycles. The zero-order valence-corrected chi connectivity index (χ0v) is 6.71. The van der Waals surface area contributed by atoms with Crippen LogP contribution in [0.5, 0.6) is 0 Å². The second kappa shape index (κ2) is 2.91. The molecule has 0 unspecified atom stereocenters. The number of aromatic nitrogens is 1. The summed E-state index contributed by atoms with van der Waals surface area (Å²) in [5.74, 6) is -0.992. The lowest BCUT2D eigenvalue weighted by Crippen LogP contribution is -1.93. The maximum atomic E-state index is 12.4. The third-order valence-corrected chi connectivity index (χ3v) is 1.53. The minimum atomic E-state index is -0.690. The number of hydrogen-bond donors (Lipinski definition) is 0. The summed E-state index contributed by atoms with van der Waals surface area (Å²) >= 11 is 2.72. The van der Waals surface area contributed by atoms with E-state index in [-0.39, 0.29) is 10.4 Å². The fraction of sp³-hybridized carbons (Fsp3) is 0. The Hall–Kier alpha value is -1.04. The quantitative estimate of drug-likeness (QED) is 0.413. The molecule has 0 aliphatic heterocycles. The fourth-order valence-corrected chi connectivity index (χ4v) is 0.823. The first-order valence-corrected chi connectivity index (χ1v) is 3.37. The Labute approximate surface area is 69.3 Å². The van der Waals surface area contributed by atoms with Gasteiger partial charge in [-0.05, 0) is 16.0 Å². The Bertz CT molecular complexity index is 305. The van der Waals surface area contributed by atoms with Crippen LogP contribution in [0.15, 0.2) is 16.7 Å². The zero-order valence-electron chi connectivity index (χ0n) is 5.12. The number of pyridine rings is 1. The normalized spacial score (nSPS) is 9.64. The van der Waals surface area contributed by atoms with Crippen LogP contribution in [0.25, 0.3) is 0 Å². The molecule has 0 bridgehead atoms. The number of hydrogen-bond acceptors (Lipinski definition) is 3. The molecule has 0 spiro atoms. The van der Waals surface area contributed by atoms with Crippen molar-refractivity contribution >= 4 is 21.7 Å². The molecule has 0 aromatic carbocycles. The highest BCUT2D eigenvalue weighted by molar-refractivity contribution is 9.10. The van der Waals surface area contributed by atoms with Gasteiger partial charge in [0, 0.05) is 22.0 Å². The van der Waals surface area contributed by atoms with E-state index in [1.165, 1.54) is 0 Å². The first kappa shape index (κ1) is 8.06. The predicted octanol–water partition coefficient (Wildman–Crippen LogP) is 1.89. The maximum absolute atomic E-state index is 12.4. The lowest BCUT2D eigenvalue weighted by molar-refractivity contribution is -0.389. The average Bonchev–Trinajstić information content (AvgIpc) is 1.94. The van der Waals surface area contributed by atoms with E-state index in [1.54, 1.807) is 0 Å². The van der Waals surface area contributed by atoms with Crippen molar-refractivity contribution in [3.8, 4) is 0 Å². The molecule has 4 nitrogen and oxygen atoms in total. The minimum Gasteiger partial charge on any atom is -0.358 e. The summed E-state index contributed by atoms with van der Waals surface area (Å²) in [6.07, 6.45) is 0. The van der Waals surface area contributed by atoms with Crippen LogP contribution in [0, 0.1) is 15.9 Å². The van der Waals surface area contributed by atoms with Crippen molar-refractivity contribution in [1.29, 1.82) is 0 Å². The van der Waals surface area contributed by atoms with Gasteiger partial charge in [-0.2, -0.15) is 0 Å². The number of nitro groups is 1. The van der Waals surface area contributed by atoms with Gasteiger partial charge in [0.2, 0.25) is 0 Å². The molecule has 0 atom stereocenters. The summed E-state index contributed by atoms with van der Waals surface area (Å²) in [5.41, 5.74) is 0. The summed E-state index contributed by atoms with van der Waals surface area (Å²) < 4.78 is 12.3. The highest BCUT2D eigenvalue weighted by Gasteiger charge is 2.11. The highest BCUT2D eigenvalue weighted by atomic mass is 79.9. The molecule has 0 N–H and O–H groups in total. The third kappa shape index (κ3) is 1.70. The van der Waals surface area contributed by atoms with Gasteiger partial charge in [-0.3, -0.25) is 0 Å². The number of rotatable bonds is 1. The van der Waals surface area contributed by atoms with E-state index in [2.05, 4.69) is 20.9 Å². The predicted molar refractivity (Wildman–Crippen MR) is 38.5 cm³/mol. The smallest absolute Gasteiger partial charge is 0.358 e. The monoisotopic (exact) mass is 220 g/mol. The van der Waals surface area contributed by atoms with Crippen LogP contribution >= 0.6 is 15.9 Å². The topological polar surface area (TPSA) is 56.0 Å². The van der Waals surface area contributed by atoms with E-state index in [0.717, 1.165) is 12.1 Å². The molecular weight excluding hydrogens is 219 g/mol. The van der Waals surface area contributed by atoms with E-state index in [4.69, 9.17) is 0 Å². The second-order valence-corrected chi connectivity index (χ2v) is 2.45. The van der Waals surface area contributed by atoms with Crippen LogP contribution in [0.1, 0.15) is 0 Å². The Morgan fingerprint density at radius 3 is 2.73 bits per heavy atom. The first-order chi connectivity index (χ1) is 5.11. The molecule has 0 aliphatic rings. The van der Waals surface area contributed by atoms with Crippen LogP contribution in [0.2, 0.25) is 0 Å². The van der Waals surface area contributed by atoms with Crippen molar-refractivity contribution in [3.63, 3.8) is 0 Å². The number of nitrogens with zero attached hydrogens (tertiary/aromatic N) is 2. The van der Waals surface area contributed by atoms with Crippen molar-refractivity contribution in [2.75, 3.05) is 0 Å². The van der Waals surface area contributed by atoms with Gasteiger partial charge in [0.25, 0.3) is 4.60 Å². The summed E-state index contributed by atoms with van der Waals surface area (Å²) in [7, 11) is 0. The molecule has 1 aromatic heterocycles. The fourth-order valence-electron chi connectivity index (χ4n) is 0.509. The molecule has 0 saturated heterocycles. The van der Waals surface area contributed by atoms with E-state index < -0.39 is 10.7 Å². The largest absolute Gasteiger partial charge is 0.364 e. The number of halogens is 2. The van der Waals surface area contributed by atoms with Crippen LogP contribution in [-0.4, -0.2) is 9.91 Å². The zero-order chi connectivity index (χ0) is 8.43. The van der Waals surface area contributed by atoms with Gasteiger partial charge in [0.15, 0.2) is 5.82 Å². The lowest BCUT2D eigenvalue weighted by Gasteiger charge is -1.90. The van der Waals surface area contributed by atoms with Gasteiger partial charge < -0.3 is 10.1 Å². The molecule has 0 amide bonds. The molecule has 11 heavy (non-hydrogen) atoms. The average molecular weight is 221 g/mol. The SMILES string of the molecule is O=[N+]([O-])c1ccc(F)c(Br)n1. The molecule has 1 heterocycles. The van der Waals surface area contributed by atoms with Crippen molar-refractivity contribution in [2.45, 2.75) is 0 Å². The molecule has 0 radical (unpaired) electrons. The second-order valence-electron chi connectivity index (χ2n) is 1.70. The van der Waals surface area contributed by atoms with Gasteiger partial charge in [-0.15, -0.1) is 0 Å².